The summed E-state index contributed by atoms with van der Waals surface area (Å²) in [5, 5.41) is 2.57. The van der Waals surface area contributed by atoms with Gasteiger partial charge >= 0.3 is 5.97 Å². The molecule has 0 spiro atoms. The van der Waals surface area contributed by atoms with Crippen LogP contribution in [0.4, 0.5) is 8.78 Å². The van der Waals surface area contributed by atoms with E-state index in [4.69, 9.17) is 4.74 Å². The van der Waals surface area contributed by atoms with Gasteiger partial charge in [-0.05, 0) is 29.8 Å². The number of ether oxygens (including phenoxy) is 1. The van der Waals surface area contributed by atoms with Gasteiger partial charge in [-0.25, -0.2) is 13.6 Å². The molecule has 0 aromatic heterocycles. The lowest BCUT2D eigenvalue weighted by Crippen LogP contribution is -2.28. The molecule has 7 heteroatoms. The molecule has 0 aliphatic rings. The topological polar surface area (TPSA) is 55.4 Å². The molecule has 2 aromatic carbocycles. The summed E-state index contributed by atoms with van der Waals surface area (Å²) in [7, 11) is 0. The molecule has 0 aliphatic carbocycles. The van der Waals surface area contributed by atoms with Gasteiger partial charge in [-0.15, -0.1) is 0 Å². The molecule has 0 bridgehead atoms. The lowest BCUT2D eigenvalue weighted by Gasteiger charge is -2.07. The Kier molecular flexibility index (Phi) is 5.81. The molecule has 0 fully saturated rings. The zero-order chi connectivity index (χ0) is 16.8. The molecule has 1 N–H and O–H groups in total. The van der Waals surface area contributed by atoms with Gasteiger partial charge in [0, 0.05) is 17.1 Å². The van der Waals surface area contributed by atoms with E-state index in [1.165, 1.54) is 0 Å². The van der Waals surface area contributed by atoms with E-state index in [9.17, 15) is 18.4 Å². The second kappa shape index (κ2) is 7.82. The average molecular weight is 384 g/mol. The Balaban J connectivity index is 1.81. The molecule has 0 radical (unpaired) electrons. The molecule has 0 saturated carbocycles. The maximum absolute atomic E-state index is 13.0. The quantitative estimate of drug-likeness (QED) is 0.806. The maximum Gasteiger partial charge on any atom is 0.338 e. The van der Waals surface area contributed by atoms with Crippen molar-refractivity contribution in [1.82, 2.24) is 5.32 Å². The van der Waals surface area contributed by atoms with Crippen LogP contribution in [0.15, 0.2) is 46.9 Å². The van der Waals surface area contributed by atoms with E-state index in [1.807, 2.05) is 24.3 Å². The van der Waals surface area contributed by atoms with Crippen LogP contribution in [0.2, 0.25) is 0 Å². The molecule has 0 heterocycles. The molecule has 0 atom stereocenters. The third kappa shape index (κ3) is 5.45. The van der Waals surface area contributed by atoms with E-state index in [0.717, 1.165) is 22.2 Å². The van der Waals surface area contributed by atoms with Crippen molar-refractivity contribution in [3.8, 4) is 0 Å². The number of hydrogen-bond acceptors (Lipinski definition) is 3. The Morgan fingerprint density at radius 1 is 1.04 bits per heavy atom. The number of amides is 1. The lowest BCUT2D eigenvalue weighted by atomic mass is 10.2. The molecule has 2 rings (SSSR count). The molecule has 23 heavy (non-hydrogen) atoms. The molecule has 0 unspecified atom stereocenters. The Morgan fingerprint density at radius 2 is 1.65 bits per heavy atom. The number of rotatable bonds is 5. The Hall–Kier alpha value is -2.28. The van der Waals surface area contributed by atoms with Crippen molar-refractivity contribution in [1.29, 1.82) is 0 Å². The van der Waals surface area contributed by atoms with Crippen LogP contribution in [0.25, 0.3) is 0 Å². The van der Waals surface area contributed by atoms with E-state index in [1.54, 1.807) is 0 Å². The molecular formula is C16H12BrF2NO3. The number of nitrogens with one attached hydrogen (secondary N) is 1. The van der Waals surface area contributed by atoms with E-state index >= 15 is 0 Å². The predicted molar refractivity (Wildman–Crippen MR) is 82.6 cm³/mol. The fourth-order valence-electron chi connectivity index (χ4n) is 1.74. The number of halogens is 3. The Morgan fingerprint density at radius 3 is 2.26 bits per heavy atom. The van der Waals surface area contributed by atoms with Crippen LogP contribution in [0, 0.1) is 11.6 Å². The highest BCUT2D eigenvalue weighted by atomic mass is 79.9. The minimum absolute atomic E-state index is 0.276. The van der Waals surface area contributed by atoms with Crippen molar-refractivity contribution >= 4 is 27.8 Å². The van der Waals surface area contributed by atoms with Gasteiger partial charge in [0.1, 0.15) is 11.6 Å². The summed E-state index contributed by atoms with van der Waals surface area (Å²) >= 11 is 3.30. The van der Waals surface area contributed by atoms with Crippen LogP contribution < -0.4 is 5.32 Å². The smallest absolute Gasteiger partial charge is 0.338 e. The number of esters is 1. The van der Waals surface area contributed by atoms with Crippen molar-refractivity contribution in [2.24, 2.45) is 0 Å². The summed E-state index contributed by atoms with van der Waals surface area (Å²) in [5.74, 6) is -3.27. The largest absolute Gasteiger partial charge is 0.452 e. The first kappa shape index (κ1) is 17.1. The molecule has 0 saturated heterocycles. The van der Waals surface area contributed by atoms with Gasteiger partial charge in [0.2, 0.25) is 0 Å². The van der Waals surface area contributed by atoms with Gasteiger partial charge in [0.25, 0.3) is 5.91 Å². The molecule has 1 amide bonds. The van der Waals surface area contributed by atoms with Gasteiger partial charge in [-0.1, -0.05) is 28.1 Å². The third-order valence-electron chi connectivity index (χ3n) is 2.84. The minimum atomic E-state index is -0.970. The van der Waals surface area contributed by atoms with E-state index < -0.39 is 30.1 Å². The van der Waals surface area contributed by atoms with Crippen molar-refractivity contribution in [2.45, 2.75) is 6.54 Å². The van der Waals surface area contributed by atoms with Crippen LogP contribution in [0.3, 0.4) is 0 Å². The van der Waals surface area contributed by atoms with E-state index in [2.05, 4.69) is 21.2 Å². The summed E-state index contributed by atoms with van der Waals surface area (Å²) in [6, 6.07) is 9.63. The first-order valence-corrected chi connectivity index (χ1v) is 7.38. The highest BCUT2D eigenvalue weighted by molar-refractivity contribution is 9.10. The number of carbonyl (C=O) groups is 2. The minimum Gasteiger partial charge on any atom is -0.452 e. The van der Waals surface area contributed by atoms with Crippen LogP contribution in [-0.4, -0.2) is 18.5 Å². The normalized spacial score (nSPS) is 10.2. The number of hydrogen-bond donors (Lipinski definition) is 1. The standard InChI is InChI=1S/C16H12BrF2NO3/c17-12-3-1-10(2-4-12)8-20-15(21)9-23-16(22)11-5-13(18)7-14(19)6-11/h1-7H,8-9H2,(H,20,21). The summed E-state index contributed by atoms with van der Waals surface area (Å²) < 4.78 is 31.6. The lowest BCUT2D eigenvalue weighted by molar-refractivity contribution is -0.124. The SMILES string of the molecule is O=C(COC(=O)c1cc(F)cc(F)c1)NCc1ccc(Br)cc1. The maximum atomic E-state index is 13.0. The van der Waals surface area contributed by atoms with Crippen LogP contribution in [0.5, 0.6) is 0 Å². The average Bonchev–Trinajstić information content (AvgIpc) is 2.51. The highest BCUT2D eigenvalue weighted by Gasteiger charge is 2.12. The summed E-state index contributed by atoms with van der Waals surface area (Å²) in [6.45, 7) is -0.258. The monoisotopic (exact) mass is 383 g/mol. The van der Waals surface area contributed by atoms with Gasteiger partial charge < -0.3 is 10.1 Å². The third-order valence-corrected chi connectivity index (χ3v) is 3.36. The van der Waals surface area contributed by atoms with Crippen LogP contribution >= 0.6 is 15.9 Å². The van der Waals surface area contributed by atoms with Gasteiger partial charge in [0.05, 0.1) is 5.56 Å². The second-order valence-corrected chi connectivity index (χ2v) is 5.55. The number of carbonyl (C=O) groups excluding carboxylic acids is 2. The summed E-state index contributed by atoms with van der Waals surface area (Å²) in [5.41, 5.74) is 0.586. The molecule has 4 nitrogen and oxygen atoms in total. The van der Waals surface area contributed by atoms with E-state index in [-0.39, 0.29) is 12.1 Å². The van der Waals surface area contributed by atoms with Crippen LogP contribution in [0.1, 0.15) is 15.9 Å². The predicted octanol–water partition coefficient (Wildman–Crippen LogP) is 3.20. The van der Waals surface area contributed by atoms with Gasteiger partial charge in [0.15, 0.2) is 6.61 Å². The second-order valence-electron chi connectivity index (χ2n) is 4.64. The van der Waals surface area contributed by atoms with Crippen molar-refractivity contribution in [2.75, 3.05) is 6.61 Å². The number of benzene rings is 2. The summed E-state index contributed by atoms with van der Waals surface area (Å²) in [6.07, 6.45) is 0. The highest BCUT2D eigenvalue weighted by Crippen LogP contribution is 2.10. The molecule has 2 aromatic rings. The van der Waals surface area contributed by atoms with Crippen molar-refractivity contribution in [3.05, 3.63) is 69.7 Å². The first-order valence-electron chi connectivity index (χ1n) is 6.58. The molecule has 0 aliphatic heterocycles. The first-order chi connectivity index (χ1) is 10.9. The fourth-order valence-corrected chi connectivity index (χ4v) is 2.00. The van der Waals surface area contributed by atoms with Gasteiger partial charge in [-0.3, -0.25) is 4.79 Å². The van der Waals surface area contributed by atoms with Gasteiger partial charge in [-0.2, -0.15) is 0 Å². The summed E-state index contributed by atoms with van der Waals surface area (Å²) in [4.78, 5) is 23.2. The Labute approximate surface area is 139 Å². The Bertz CT molecular complexity index is 700. The van der Waals surface area contributed by atoms with E-state index in [0.29, 0.717) is 6.07 Å². The van der Waals surface area contributed by atoms with Crippen molar-refractivity contribution in [3.63, 3.8) is 0 Å². The fraction of sp³-hybridized carbons (Fsp3) is 0.125. The van der Waals surface area contributed by atoms with Crippen molar-refractivity contribution < 1.29 is 23.1 Å². The zero-order valence-corrected chi connectivity index (χ0v) is 13.4. The molecular weight excluding hydrogens is 372 g/mol. The zero-order valence-electron chi connectivity index (χ0n) is 11.8. The molecule has 120 valence electrons. The van der Waals surface area contributed by atoms with Crippen LogP contribution in [-0.2, 0) is 16.1 Å².